The van der Waals surface area contributed by atoms with E-state index in [1.165, 1.54) is 31.4 Å². The molecule has 0 aromatic heterocycles. The van der Waals surface area contributed by atoms with Crippen LogP contribution in [-0.2, 0) is 4.74 Å². The molecule has 0 aromatic rings. The van der Waals surface area contributed by atoms with Crippen molar-refractivity contribution in [3.8, 4) is 0 Å². The fraction of sp³-hybridized carbons (Fsp3) is 0.733. The summed E-state index contributed by atoms with van der Waals surface area (Å²) in [6.07, 6.45) is 9.27. The van der Waals surface area contributed by atoms with E-state index >= 15 is 0 Å². The summed E-state index contributed by atoms with van der Waals surface area (Å²) >= 11 is 0. The SMILES string of the molecule is C=CC1(C)CCC2=C(CCCCC2(C)C)O1. The van der Waals surface area contributed by atoms with Crippen molar-refractivity contribution in [1.82, 2.24) is 0 Å². The predicted molar refractivity (Wildman–Crippen MR) is 68.2 cm³/mol. The summed E-state index contributed by atoms with van der Waals surface area (Å²) in [5.41, 5.74) is 1.79. The molecule has 0 saturated heterocycles. The van der Waals surface area contributed by atoms with Crippen LogP contribution in [0.2, 0.25) is 0 Å². The van der Waals surface area contributed by atoms with Gasteiger partial charge < -0.3 is 4.74 Å². The Morgan fingerprint density at radius 3 is 2.56 bits per heavy atom. The second kappa shape index (κ2) is 3.94. The summed E-state index contributed by atoms with van der Waals surface area (Å²) in [6.45, 7) is 10.8. The quantitative estimate of drug-likeness (QED) is 0.587. The van der Waals surface area contributed by atoms with Gasteiger partial charge in [-0.05, 0) is 49.7 Å². The van der Waals surface area contributed by atoms with Crippen LogP contribution in [0, 0.1) is 5.41 Å². The third kappa shape index (κ3) is 2.05. The molecular formula is C15H24O. The summed E-state index contributed by atoms with van der Waals surface area (Å²) in [4.78, 5) is 0. The predicted octanol–water partition coefficient (Wildman–Crippen LogP) is 4.60. The van der Waals surface area contributed by atoms with E-state index in [1.807, 2.05) is 6.08 Å². The van der Waals surface area contributed by atoms with Gasteiger partial charge in [0.25, 0.3) is 0 Å². The lowest BCUT2D eigenvalue weighted by Gasteiger charge is -2.39. The van der Waals surface area contributed by atoms with Gasteiger partial charge in [0.05, 0.1) is 5.76 Å². The zero-order valence-corrected chi connectivity index (χ0v) is 10.9. The summed E-state index contributed by atoms with van der Waals surface area (Å²) in [5.74, 6) is 1.27. The molecule has 0 saturated carbocycles. The van der Waals surface area contributed by atoms with Crippen LogP contribution in [-0.4, -0.2) is 5.60 Å². The fourth-order valence-electron chi connectivity index (χ4n) is 2.97. The van der Waals surface area contributed by atoms with E-state index in [0.717, 1.165) is 12.8 Å². The highest BCUT2D eigenvalue weighted by Gasteiger charge is 2.36. The lowest BCUT2D eigenvalue weighted by Crippen LogP contribution is -2.32. The third-order valence-electron chi connectivity index (χ3n) is 4.27. The van der Waals surface area contributed by atoms with Crippen molar-refractivity contribution in [3.05, 3.63) is 24.0 Å². The highest BCUT2D eigenvalue weighted by Crippen LogP contribution is 2.46. The second-order valence-corrected chi connectivity index (χ2v) is 6.11. The maximum Gasteiger partial charge on any atom is 0.124 e. The van der Waals surface area contributed by atoms with Gasteiger partial charge in [0, 0.05) is 6.42 Å². The van der Waals surface area contributed by atoms with Gasteiger partial charge in [0.15, 0.2) is 0 Å². The van der Waals surface area contributed by atoms with E-state index in [1.54, 1.807) is 5.57 Å². The molecule has 1 atom stereocenters. The van der Waals surface area contributed by atoms with Crippen LogP contribution >= 0.6 is 0 Å². The lowest BCUT2D eigenvalue weighted by molar-refractivity contribution is 0.0280. The molecule has 2 aliphatic rings. The summed E-state index contributed by atoms with van der Waals surface area (Å²) in [6, 6.07) is 0. The fourth-order valence-corrected chi connectivity index (χ4v) is 2.97. The number of hydrogen-bond donors (Lipinski definition) is 0. The molecular weight excluding hydrogens is 196 g/mol. The molecule has 90 valence electrons. The first kappa shape index (κ1) is 11.8. The first-order valence-electron chi connectivity index (χ1n) is 6.52. The van der Waals surface area contributed by atoms with Gasteiger partial charge >= 0.3 is 0 Å². The number of rotatable bonds is 1. The van der Waals surface area contributed by atoms with Crippen molar-refractivity contribution in [2.45, 2.75) is 64.9 Å². The highest BCUT2D eigenvalue weighted by molar-refractivity contribution is 5.23. The highest BCUT2D eigenvalue weighted by atomic mass is 16.5. The molecule has 0 spiro atoms. The van der Waals surface area contributed by atoms with Gasteiger partial charge in [-0.15, -0.1) is 0 Å². The topological polar surface area (TPSA) is 9.23 Å². The standard InChI is InChI=1S/C15H24O/c1-5-15(4)11-9-12-13(16-15)8-6-7-10-14(12,2)3/h5H,1,6-11H2,2-4H3. The Morgan fingerprint density at radius 2 is 1.88 bits per heavy atom. The van der Waals surface area contributed by atoms with E-state index in [-0.39, 0.29) is 5.60 Å². The Bertz CT molecular complexity index is 324. The Balaban J connectivity index is 2.31. The minimum absolute atomic E-state index is 0.126. The van der Waals surface area contributed by atoms with E-state index in [9.17, 15) is 0 Å². The zero-order chi connectivity index (χ0) is 11.8. The monoisotopic (exact) mass is 220 g/mol. The largest absolute Gasteiger partial charge is 0.488 e. The smallest absolute Gasteiger partial charge is 0.124 e. The maximum absolute atomic E-state index is 6.20. The molecule has 0 radical (unpaired) electrons. The van der Waals surface area contributed by atoms with Gasteiger partial charge in [-0.1, -0.05) is 26.8 Å². The molecule has 0 bridgehead atoms. The zero-order valence-electron chi connectivity index (χ0n) is 10.9. The average molecular weight is 220 g/mol. The molecule has 1 heterocycles. The van der Waals surface area contributed by atoms with E-state index in [0.29, 0.717) is 5.41 Å². The Morgan fingerprint density at radius 1 is 1.12 bits per heavy atom. The molecule has 2 rings (SSSR count). The van der Waals surface area contributed by atoms with Gasteiger partial charge in [-0.2, -0.15) is 0 Å². The third-order valence-corrected chi connectivity index (χ3v) is 4.27. The summed E-state index contributed by atoms with van der Waals surface area (Å²) in [7, 11) is 0. The van der Waals surface area contributed by atoms with Crippen molar-refractivity contribution in [3.63, 3.8) is 0 Å². The normalized spacial score (nSPS) is 33.7. The molecule has 0 amide bonds. The molecule has 1 heteroatoms. The Hall–Kier alpha value is -0.720. The van der Waals surface area contributed by atoms with Crippen molar-refractivity contribution in [1.29, 1.82) is 0 Å². The Kier molecular flexibility index (Phi) is 2.90. The molecule has 0 N–H and O–H groups in total. The van der Waals surface area contributed by atoms with Crippen LogP contribution < -0.4 is 0 Å². The molecule has 0 fully saturated rings. The molecule has 1 nitrogen and oxygen atoms in total. The molecule has 1 aliphatic carbocycles. The maximum atomic E-state index is 6.20. The van der Waals surface area contributed by atoms with Crippen LogP contribution in [0.3, 0.4) is 0 Å². The van der Waals surface area contributed by atoms with Crippen LogP contribution in [0.4, 0.5) is 0 Å². The van der Waals surface area contributed by atoms with Crippen molar-refractivity contribution < 1.29 is 4.74 Å². The van der Waals surface area contributed by atoms with E-state index in [2.05, 4.69) is 27.4 Å². The van der Waals surface area contributed by atoms with Gasteiger partial charge in [-0.25, -0.2) is 0 Å². The Labute approximate surface area is 99.6 Å². The first-order valence-corrected chi connectivity index (χ1v) is 6.52. The molecule has 0 aromatic carbocycles. The second-order valence-electron chi connectivity index (χ2n) is 6.11. The van der Waals surface area contributed by atoms with Gasteiger partial charge in [-0.3, -0.25) is 0 Å². The number of hydrogen-bond acceptors (Lipinski definition) is 1. The molecule has 1 unspecified atom stereocenters. The van der Waals surface area contributed by atoms with E-state index in [4.69, 9.17) is 4.74 Å². The van der Waals surface area contributed by atoms with Gasteiger partial charge in [0.1, 0.15) is 5.60 Å². The lowest BCUT2D eigenvalue weighted by atomic mass is 9.76. The van der Waals surface area contributed by atoms with Crippen LogP contribution in [0.1, 0.15) is 59.3 Å². The number of ether oxygens (including phenoxy) is 1. The van der Waals surface area contributed by atoms with Gasteiger partial charge in [0.2, 0.25) is 0 Å². The van der Waals surface area contributed by atoms with Crippen molar-refractivity contribution in [2.75, 3.05) is 0 Å². The van der Waals surface area contributed by atoms with Crippen LogP contribution in [0.5, 0.6) is 0 Å². The van der Waals surface area contributed by atoms with Crippen molar-refractivity contribution >= 4 is 0 Å². The first-order chi connectivity index (χ1) is 7.47. The summed E-state index contributed by atoms with van der Waals surface area (Å²) in [5, 5.41) is 0. The molecule has 1 aliphatic heterocycles. The van der Waals surface area contributed by atoms with Crippen LogP contribution in [0.25, 0.3) is 0 Å². The number of allylic oxidation sites excluding steroid dienone is 2. The average Bonchev–Trinajstić information content (AvgIpc) is 2.37. The van der Waals surface area contributed by atoms with Crippen LogP contribution in [0.15, 0.2) is 24.0 Å². The molecule has 16 heavy (non-hydrogen) atoms. The van der Waals surface area contributed by atoms with E-state index < -0.39 is 0 Å². The summed E-state index contributed by atoms with van der Waals surface area (Å²) < 4.78 is 6.20. The minimum atomic E-state index is -0.126. The van der Waals surface area contributed by atoms with Crippen molar-refractivity contribution in [2.24, 2.45) is 5.41 Å². The minimum Gasteiger partial charge on any atom is -0.488 e.